The molecule has 0 radical (unpaired) electrons. The Hall–Kier alpha value is -1.31. The Morgan fingerprint density at radius 3 is 2.24 bits per heavy atom. The number of Topliss-reactive ketones (excluding diaryl/α,β-unsaturated/α-hetero) is 1. The van der Waals surface area contributed by atoms with Gasteiger partial charge in [0.05, 0.1) is 7.11 Å². The highest BCUT2D eigenvalue weighted by Gasteiger charge is 2.13. The number of hydrogen-bond acceptors (Lipinski definition) is 2. The second-order valence-electron chi connectivity index (χ2n) is 5.62. The van der Waals surface area contributed by atoms with Gasteiger partial charge >= 0.3 is 0 Å². The molecular weight excluding hydrogens is 212 g/mol. The van der Waals surface area contributed by atoms with Crippen LogP contribution in [0.4, 0.5) is 0 Å². The molecule has 17 heavy (non-hydrogen) atoms. The molecule has 1 rings (SSSR count). The monoisotopic (exact) mass is 234 g/mol. The molecule has 0 spiro atoms. The summed E-state index contributed by atoms with van der Waals surface area (Å²) in [7, 11) is 1.64. The first kappa shape index (κ1) is 13.8. The molecule has 0 saturated carbocycles. The topological polar surface area (TPSA) is 26.3 Å². The van der Waals surface area contributed by atoms with Crippen LogP contribution in [0.3, 0.4) is 0 Å². The zero-order valence-corrected chi connectivity index (χ0v) is 11.2. The fourth-order valence-electron chi connectivity index (χ4n) is 1.57. The molecule has 2 nitrogen and oxygen atoms in total. The quantitative estimate of drug-likeness (QED) is 0.777. The van der Waals surface area contributed by atoms with Gasteiger partial charge in [-0.15, -0.1) is 0 Å². The highest BCUT2D eigenvalue weighted by atomic mass is 16.5. The first-order valence-corrected chi connectivity index (χ1v) is 6.05. The first-order chi connectivity index (χ1) is 7.90. The standard InChI is InChI=1S/C15H22O2/c1-15(2,3)10-9-13(16)11-12-5-7-14(17-4)8-6-12/h5-8H,9-11H2,1-4H3. The van der Waals surface area contributed by atoms with Crippen molar-refractivity contribution in [2.75, 3.05) is 7.11 Å². The van der Waals surface area contributed by atoms with Crippen molar-refractivity contribution in [2.45, 2.75) is 40.0 Å². The van der Waals surface area contributed by atoms with Crippen molar-refractivity contribution in [1.82, 2.24) is 0 Å². The van der Waals surface area contributed by atoms with E-state index < -0.39 is 0 Å². The molecule has 0 N–H and O–H groups in total. The average Bonchev–Trinajstić information content (AvgIpc) is 2.27. The number of benzene rings is 1. The number of methoxy groups -OCH3 is 1. The lowest BCUT2D eigenvalue weighted by Gasteiger charge is -2.16. The summed E-state index contributed by atoms with van der Waals surface area (Å²) < 4.78 is 5.08. The van der Waals surface area contributed by atoms with Crippen molar-refractivity contribution in [3.8, 4) is 5.75 Å². The van der Waals surface area contributed by atoms with Crippen LogP contribution in [0.25, 0.3) is 0 Å². The molecule has 0 saturated heterocycles. The third kappa shape index (κ3) is 5.53. The Kier molecular flexibility index (Phi) is 4.73. The van der Waals surface area contributed by atoms with Crippen LogP contribution in [-0.4, -0.2) is 12.9 Å². The summed E-state index contributed by atoms with van der Waals surface area (Å²) >= 11 is 0. The normalized spacial score (nSPS) is 11.3. The second-order valence-corrected chi connectivity index (χ2v) is 5.62. The predicted molar refractivity (Wildman–Crippen MR) is 70.4 cm³/mol. The van der Waals surface area contributed by atoms with E-state index >= 15 is 0 Å². The molecule has 0 heterocycles. The number of ketones is 1. The number of carbonyl (C=O) groups is 1. The van der Waals surface area contributed by atoms with Gasteiger partial charge in [-0.2, -0.15) is 0 Å². The molecule has 0 atom stereocenters. The summed E-state index contributed by atoms with van der Waals surface area (Å²) in [6.45, 7) is 6.48. The van der Waals surface area contributed by atoms with E-state index in [9.17, 15) is 4.79 Å². The van der Waals surface area contributed by atoms with E-state index in [0.717, 1.165) is 17.7 Å². The molecule has 1 aromatic rings. The minimum atomic E-state index is 0.232. The van der Waals surface area contributed by atoms with Crippen LogP contribution >= 0.6 is 0 Å². The summed E-state index contributed by atoms with van der Waals surface area (Å²) in [5.74, 6) is 1.14. The minimum absolute atomic E-state index is 0.232. The maximum atomic E-state index is 11.8. The highest BCUT2D eigenvalue weighted by Crippen LogP contribution is 2.21. The van der Waals surface area contributed by atoms with Crippen molar-refractivity contribution < 1.29 is 9.53 Å². The fourth-order valence-corrected chi connectivity index (χ4v) is 1.57. The predicted octanol–water partition coefficient (Wildman–Crippen LogP) is 3.63. The third-order valence-electron chi connectivity index (χ3n) is 2.71. The fraction of sp³-hybridized carbons (Fsp3) is 0.533. The van der Waals surface area contributed by atoms with E-state index in [4.69, 9.17) is 4.74 Å². The van der Waals surface area contributed by atoms with E-state index in [1.807, 2.05) is 24.3 Å². The van der Waals surface area contributed by atoms with Gasteiger partial charge in [0.15, 0.2) is 0 Å². The van der Waals surface area contributed by atoms with E-state index in [1.54, 1.807) is 7.11 Å². The van der Waals surface area contributed by atoms with Crippen molar-refractivity contribution in [1.29, 1.82) is 0 Å². The molecule has 0 bridgehead atoms. The molecule has 94 valence electrons. The summed E-state index contributed by atoms with van der Waals surface area (Å²) in [4.78, 5) is 11.8. The molecule has 0 aliphatic rings. The Morgan fingerprint density at radius 2 is 1.76 bits per heavy atom. The van der Waals surface area contributed by atoms with Gasteiger partial charge in [0.25, 0.3) is 0 Å². The molecule has 1 aromatic carbocycles. The maximum absolute atomic E-state index is 11.8. The zero-order chi connectivity index (χ0) is 12.9. The molecule has 0 aliphatic carbocycles. The highest BCUT2D eigenvalue weighted by molar-refractivity contribution is 5.80. The average molecular weight is 234 g/mol. The Balaban J connectivity index is 2.45. The van der Waals surface area contributed by atoms with Gasteiger partial charge in [-0.3, -0.25) is 4.79 Å². The third-order valence-corrected chi connectivity index (χ3v) is 2.71. The molecule has 0 aliphatic heterocycles. The number of hydrogen-bond donors (Lipinski definition) is 0. The van der Waals surface area contributed by atoms with Crippen molar-refractivity contribution in [3.05, 3.63) is 29.8 Å². The maximum Gasteiger partial charge on any atom is 0.137 e. The molecular formula is C15H22O2. The molecule has 0 amide bonds. The molecule has 2 heteroatoms. The molecule has 0 fully saturated rings. The van der Waals surface area contributed by atoms with Crippen LogP contribution in [0.5, 0.6) is 5.75 Å². The summed E-state index contributed by atoms with van der Waals surface area (Å²) in [5.41, 5.74) is 1.29. The van der Waals surface area contributed by atoms with E-state index in [-0.39, 0.29) is 5.41 Å². The van der Waals surface area contributed by atoms with Crippen LogP contribution in [0.15, 0.2) is 24.3 Å². The minimum Gasteiger partial charge on any atom is -0.497 e. The second kappa shape index (κ2) is 5.85. The van der Waals surface area contributed by atoms with Gasteiger partial charge in [-0.25, -0.2) is 0 Å². The van der Waals surface area contributed by atoms with Crippen LogP contribution < -0.4 is 4.74 Å². The smallest absolute Gasteiger partial charge is 0.137 e. The van der Waals surface area contributed by atoms with Gasteiger partial charge in [0, 0.05) is 12.8 Å². The van der Waals surface area contributed by atoms with E-state index in [0.29, 0.717) is 18.6 Å². The van der Waals surface area contributed by atoms with Gasteiger partial charge in [0.1, 0.15) is 11.5 Å². The van der Waals surface area contributed by atoms with Gasteiger partial charge in [-0.1, -0.05) is 32.9 Å². The SMILES string of the molecule is COc1ccc(CC(=O)CCC(C)(C)C)cc1. The lowest BCUT2D eigenvalue weighted by molar-refractivity contribution is -0.118. The zero-order valence-electron chi connectivity index (χ0n) is 11.2. The largest absolute Gasteiger partial charge is 0.497 e. The van der Waals surface area contributed by atoms with Gasteiger partial charge < -0.3 is 4.74 Å². The van der Waals surface area contributed by atoms with Crippen molar-refractivity contribution in [3.63, 3.8) is 0 Å². The van der Waals surface area contributed by atoms with Gasteiger partial charge in [0.2, 0.25) is 0 Å². The lowest BCUT2D eigenvalue weighted by atomic mass is 9.89. The van der Waals surface area contributed by atoms with Crippen LogP contribution in [0, 0.1) is 5.41 Å². The summed E-state index contributed by atoms with van der Waals surface area (Å²) in [6, 6.07) is 7.69. The Morgan fingerprint density at radius 1 is 1.18 bits per heavy atom. The lowest BCUT2D eigenvalue weighted by Crippen LogP contribution is -2.10. The summed E-state index contributed by atoms with van der Waals surface area (Å²) in [6.07, 6.45) is 2.14. The van der Waals surface area contributed by atoms with Crippen LogP contribution in [-0.2, 0) is 11.2 Å². The van der Waals surface area contributed by atoms with Crippen molar-refractivity contribution >= 4 is 5.78 Å². The number of rotatable bonds is 5. The summed E-state index contributed by atoms with van der Waals surface area (Å²) in [5, 5.41) is 0. The number of ether oxygens (including phenoxy) is 1. The molecule has 0 aromatic heterocycles. The molecule has 0 unspecified atom stereocenters. The van der Waals surface area contributed by atoms with Gasteiger partial charge in [-0.05, 0) is 29.5 Å². The Bertz CT molecular complexity index is 358. The van der Waals surface area contributed by atoms with Crippen LogP contribution in [0.1, 0.15) is 39.2 Å². The first-order valence-electron chi connectivity index (χ1n) is 6.05. The van der Waals surface area contributed by atoms with E-state index in [1.165, 1.54) is 0 Å². The number of carbonyl (C=O) groups excluding carboxylic acids is 1. The van der Waals surface area contributed by atoms with Crippen molar-refractivity contribution in [2.24, 2.45) is 5.41 Å². The Labute approximate surface area is 104 Å². The van der Waals surface area contributed by atoms with E-state index in [2.05, 4.69) is 20.8 Å². The van der Waals surface area contributed by atoms with Crippen LogP contribution in [0.2, 0.25) is 0 Å².